The second kappa shape index (κ2) is 6.43. The van der Waals surface area contributed by atoms with Crippen molar-refractivity contribution in [1.82, 2.24) is 0 Å². The van der Waals surface area contributed by atoms with Crippen LogP contribution in [0.1, 0.15) is 40.5 Å². The van der Waals surface area contributed by atoms with Gasteiger partial charge in [0.05, 0.1) is 35.1 Å². The first kappa shape index (κ1) is 20.0. The fourth-order valence-electron chi connectivity index (χ4n) is 4.62. The number of hydrogen-bond acceptors (Lipinski definition) is 7. The van der Waals surface area contributed by atoms with Gasteiger partial charge in [0.2, 0.25) is 0 Å². The summed E-state index contributed by atoms with van der Waals surface area (Å²) in [6.07, 6.45) is -0.913. The van der Waals surface area contributed by atoms with Crippen molar-refractivity contribution >= 4 is 11.9 Å². The number of carbonyl (C=O) groups is 2. The van der Waals surface area contributed by atoms with Gasteiger partial charge in [0.15, 0.2) is 0 Å². The van der Waals surface area contributed by atoms with Crippen molar-refractivity contribution in [3.05, 3.63) is 23.8 Å². The molecular weight excluding hydrogens is 352 g/mol. The van der Waals surface area contributed by atoms with Crippen molar-refractivity contribution in [2.75, 3.05) is 0 Å². The maximum atomic E-state index is 12.4. The van der Waals surface area contributed by atoms with Gasteiger partial charge in [0.25, 0.3) is 0 Å². The molecule has 3 aliphatic rings. The Morgan fingerprint density at radius 2 is 2.11 bits per heavy atom. The molecule has 0 radical (unpaired) electrons. The van der Waals surface area contributed by atoms with Gasteiger partial charge in [-0.1, -0.05) is 20.4 Å². The Morgan fingerprint density at radius 1 is 1.48 bits per heavy atom. The molecule has 8 atom stereocenters. The summed E-state index contributed by atoms with van der Waals surface area (Å²) in [6, 6.07) is 0. The van der Waals surface area contributed by atoms with E-state index in [1.807, 2.05) is 6.92 Å². The Kier molecular flexibility index (Phi) is 4.77. The van der Waals surface area contributed by atoms with Crippen molar-refractivity contribution in [3.63, 3.8) is 0 Å². The minimum Gasteiger partial charge on any atom is -0.458 e. The Labute approximate surface area is 158 Å². The zero-order valence-corrected chi connectivity index (χ0v) is 16.1. The monoisotopic (exact) mass is 380 g/mol. The predicted molar refractivity (Wildman–Crippen MR) is 95.3 cm³/mol. The summed E-state index contributed by atoms with van der Waals surface area (Å²) in [5.74, 6) is -3.10. The van der Waals surface area contributed by atoms with Crippen LogP contribution in [0.4, 0.5) is 0 Å². The van der Waals surface area contributed by atoms with Crippen LogP contribution in [0, 0.1) is 17.8 Å². The number of fused-ring (bicyclic) bond motifs is 3. The predicted octanol–water partition coefficient (Wildman–Crippen LogP) is 0.865. The number of carbonyl (C=O) groups excluding carboxylic acids is 2. The molecule has 1 aliphatic heterocycles. The van der Waals surface area contributed by atoms with E-state index in [1.165, 1.54) is 6.92 Å². The first-order chi connectivity index (χ1) is 12.4. The van der Waals surface area contributed by atoms with Crippen LogP contribution in [0.25, 0.3) is 0 Å². The van der Waals surface area contributed by atoms with Gasteiger partial charge in [-0.05, 0) is 31.9 Å². The van der Waals surface area contributed by atoms with Crippen molar-refractivity contribution < 1.29 is 34.4 Å². The molecule has 150 valence electrons. The van der Waals surface area contributed by atoms with Crippen molar-refractivity contribution in [2.24, 2.45) is 17.8 Å². The second-order valence-corrected chi connectivity index (χ2v) is 8.33. The lowest BCUT2D eigenvalue weighted by Gasteiger charge is -2.39. The minimum absolute atomic E-state index is 0.105. The van der Waals surface area contributed by atoms with Crippen LogP contribution in [0.3, 0.4) is 0 Å². The Balaban J connectivity index is 2.09. The average molecular weight is 380 g/mol. The maximum Gasteiger partial charge on any atom is 0.334 e. The number of aliphatic hydroxyl groups excluding tert-OH is 1. The SMILES string of the molecule is C=C1C(=O)O[C@H]2[C@H]1[C@@H](OC(=O)C(C)CC)C=C(C)[C@]1(O)C[C@@H](O)[C@@](C)(O)[C@H]21. The molecule has 0 aromatic rings. The van der Waals surface area contributed by atoms with E-state index in [0.717, 1.165) is 0 Å². The Bertz CT molecular complexity index is 709. The highest BCUT2D eigenvalue weighted by Crippen LogP contribution is 2.55. The zero-order valence-electron chi connectivity index (χ0n) is 16.1. The van der Waals surface area contributed by atoms with Gasteiger partial charge in [-0.25, -0.2) is 4.79 Å². The normalized spacial score (nSPS) is 44.7. The highest BCUT2D eigenvalue weighted by atomic mass is 16.6. The number of esters is 2. The van der Waals surface area contributed by atoms with Gasteiger partial charge < -0.3 is 24.8 Å². The molecule has 1 heterocycles. The van der Waals surface area contributed by atoms with Crippen molar-refractivity contribution in [1.29, 1.82) is 0 Å². The summed E-state index contributed by atoms with van der Waals surface area (Å²) in [5, 5.41) is 32.6. The lowest BCUT2D eigenvalue weighted by Crippen LogP contribution is -2.53. The molecule has 3 N–H and O–H groups in total. The first-order valence-corrected chi connectivity index (χ1v) is 9.37. The zero-order chi connectivity index (χ0) is 20.3. The summed E-state index contributed by atoms with van der Waals surface area (Å²) in [6.45, 7) is 10.5. The van der Waals surface area contributed by atoms with Gasteiger partial charge in [0, 0.05) is 12.0 Å². The van der Waals surface area contributed by atoms with Gasteiger partial charge in [-0.15, -0.1) is 0 Å². The summed E-state index contributed by atoms with van der Waals surface area (Å²) in [7, 11) is 0. The van der Waals surface area contributed by atoms with Crippen LogP contribution in [-0.4, -0.2) is 56.8 Å². The third-order valence-corrected chi connectivity index (χ3v) is 6.63. The van der Waals surface area contributed by atoms with E-state index in [4.69, 9.17) is 9.47 Å². The second-order valence-electron chi connectivity index (χ2n) is 8.33. The summed E-state index contributed by atoms with van der Waals surface area (Å²) < 4.78 is 11.1. The van der Waals surface area contributed by atoms with Crippen LogP contribution in [0.5, 0.6) is 0 Å². The molecule has 2 aliphatic carbocycles. The third kappa shape index (κ3) is 2.83. The maximum absolute atomic E-state index is 12.4. The van der Waals surface area contributed by atoms with Crippen LogP contribution < -0.4 is 0 Å². The molecule has 1 unspecified atom stereocenters. The molecule has 0 amide bonds. The van der Waals surface area contributed by atoms with Crippen LogP contribution in [0.2, 0.25) is 0 Å². The summed E-state index contributed by atoms with van der Waals surface area (Å²) in [5.41, 5.74) is -2.68. The van der Waals surface area contributed by atoms with E-state index >= 15 is 0 Å². The van der Waals surface area contributed by atoms with Crippen LogP contribution >= 0.6 is 0 Å². The third-order valence-electron chi connectivity index (χ3n) is 6.63. The molecule has 0 bridgehead atoms. The van der Waals surface area contributed by atoms with Crippen LogP contribution in [-0.2, 0) is 19.1 Å². The average Bonchev–Trinajstić information content (AvgIpc) is 2.92. The molecule has 1 saturated carbocycles. The highest BCUT2D eigenvalue weighted by molar-refractivity contribution is 5.91. The minimum atomic E-state index is -1.69. The number of ether oxygens (including phenoxy) is 2. The fraction of sp³-hybridized carbons (Fsp3) is 0.700. The highest BCUT2D eigenvalue weighted by Gasteiger charge is 2.68. The molecule has 7 heteroatoms. The van der Waals surface area contributed by atoms with Gasteiger partial charge >= 0.3 is 11.9 Å². The summed E-state index contributed by atoms with van der Waals surface area (Å²) >= 11 is 0. The van der Waals surface area contributed by atoms with E-state index in [1.54, 1.807) is 19.9 Å². The Hall–Kier alpha value is -1.70. The molecule has 0 spiro atoms. The molecule has 7 nitrogen and oxygen atoms in total. The van der Waals surface area contributed by atoms with Gasteiger partial charge in [-0.3, -0.25) is 4.79 Å². The van der Waals surface area contributed by atoms with E-state index in [2.05, 4.69) is 6.58 Å². The molecule has 0 aromatic heterocycles. The van der Waals surface area contributed by atoms with Crippen LogP contribution in [0.15, 0.2) is 23.8 Å². The topological polar surface area (TPSA) is 113 Å². The number of rotatable bonds is 3. The quantitative estimate of drug-likeness (QED) is 0.378. The molecule has 0 aromatic carbocycles. The van der Waals surface area contributed by atoms with E-state index in [-0.39, 0.29) is 17.9 Å². The Morgan fingerprint density at radius 3 is 2.70 bits per heavy atom. The van der Waals surface area contributed by atoms with E-state index < -0.39 is 53.3 Å². The van der Waals surface area contributed by atoms with Gasteiger partial charge in [-0.2, -0.15) is 0 Å². The van der Waals surface area contributed by atoms with Crippen molar-refractivity contribution in [3.8, 4) is 0 Å². The molecule has 1 saturated heterocycles. The molecule has 3 rings (SSSR count). The molecule has 2 fully saturated rings. The van der Waals surface area contributed by atoms with Gasteiger partial charge in [0.1, 0.15) is 12.2 Å². The molecular formula is C20H28O7. The van der Waals surface area contributed by atoms with Crippen molar-refractivity contribution in [2.45, 2.75) is 70.1 Å². The first-order valence-electron chi connectivity index (χ1n) is 9.37. The standard InChI is InChI=1S/C20H28O7/c1-6-9(2)17(22)26-12-7-10(3)20(25)8-13(21)19(5,24)16(20)15-14(12)11(4)18(23)27-15/h7,9,12-16,21,24-25H,4,6,8H2,1-3,5H3/t9?,12-,13+,14+,15-,16-,19+,20+/m0/s1. The number of aliphatic hydroxyl groups is 3. The fourth-order valence-corrected chi connectivity index (χ4v) is 4.62. The number of hydrogen-bond donors (Lipinski definition) is 3. The van der Waals surface area contributed by atoms with E-state index in [9.17, 15) is 24.9 Å². The van der Waals surface area contributed by atoms with E-state index in [0.29, 0.717) is 12.0 Å². The lowest BCUT2D eigenvalue weighted by atomic mass is 9.73. The summed E-state index contributed by atoms with van der Waals surface area (Å²) in [4.78, 5) is 24.6. The lowest BCUT2D eigenvalue weighted by molar-refractivity contribution is -0.164. The molecule has 27 heavy (non-hydrogen) atoms. The largest absolute Gasteiger partial charge is 0.458 e. The smallest absolute Gasteiger partial charge is 0.334 e.